The number of anilines is 1. The zero-order chi connectivity index (χ0) is 19.8. The molecule has 0 spiro atoms. The molecule has 0 saturated heterocycles. The summed E-state index contributed by atoms with van der Waals surface area (Å²) < 4.78 is 9.43. The Morgan fingerprint density at radius 3 is 2.50 bits per heavy atom. The van der Waals surface area contributed by atoms with Crippen molar-refractivity contribution in [3.8, 4) is 5.75 Å². The highest BCUT2D eigenvalue weighted by atomic mass is 32.2. The van der Waals surface area contributed by atoms with Crippen LogP contribution in [0.3, 0.4) is 0 Å². The number of nitrogens with zero attached hydrogens (tertiary/aromatic N) is 2. The number of carbonyl (C=O) groups is 1. The largest absolute Gasteiger partial charge is 0.417 e. The Kier molecular flexibility index (Phi) is 6.37. The number of non-ortho nitro benzene ring substituents is 1. The topological polar surface area (TPSA) is 93.8 Å². The van der Waals surface area contributed by atoms with Crippen molar-refractivity contribution in [1.82, 2.24) is 0 Å². The van der Waals surface area contributed by atoms with Crippen molar-refractivity contribution >= 4 is 35.6 Å². The van der Waals surface area contributed by atoms with Crippen molar-refractivity contribution in [2.75, 3.05) is 5.32 Å². The van der Waals surface area contributed by atoms with Gasteiger partial charge in [0.25, 0.3) is 5.69 Å². The van der Waals surface area contributed by atoms with Crippen LogP contribution in [-0.2, 0) is 0 Å². The molecule has 28 heavy (non-hydrogen) atoms. The van der Waals surface area contributed by atoms with Gasteiger partial charge in [-0.15, -0.1) is 0 Å². The maximum Gasteiger partial charge on any atom is 0.417 e. The van der Waals surface area contributed by atoms with Crippen LogP contribution >= 0.6 is 11.9 Å². The fourth-order valence-electron chi connectivity index (χ4n) is 2.20. The molecule has 140 valence electrons. The van der Waals surface area contributed by atoms with Gasteiger partial charge < -0.3 is 4.74 Å². The second-order valence-electron chi connectivity index (χ2n) is 5.53. The summed E-state index contributed by atoms with van der Waals surface area (Å²) in [5.74, 6) is 0.400. The van der Waals surface area contributed by atoms with E-state index in [2.05, 4.69) is 9.71 Å². The van der Waals surface area contributed by atoms with Crippen LogP contribution in [0.4, 0.5) is 16.2 Å². The zero-order valence-corrected chi connectivity index (χ0v) is 15.3. The highest BCUT2D eigenvalue weighted by Gasteiger charge is 2.06. The lowest BCUT2D eigenvalue weighted by Crippen LogP contribution is -2.16. The lowest BCUT2D eigenvalue weighted by molar-refractivity contribution is -0.385. The van der Waals surface area contributed by atoms with Crippen molar-refractivity contribution < 1.29 is 14.5 Å². The number of hydrogen-bond acceptors (Lipinski definition) is 6. The Morgan fingerprint density at radius 2 is 1.79 bits per heavy atom. The number of carbonyl (C=O) groups excluding carboxylic acids is 1. The van der Waals surface area contributed by atoms with E-state index in [1.165, 1.54) is 12.1 Å². The van der Waals surface area contributed by atoms with Crippen LogP contribution < -0.4 is 10.1 Å². The van der Waals surface area contributed by atoms with Gasteiger partial charge in [-0.1, -0.05) is 24.3 Å². The van der Waals surface area contributed by atoms with E-state index in [4.69, 9.17) is 4.74 Å². The van der Waals surface area contributed by atoms with Crippen molar-refractivity contribution in [1.29, 1.82) is 0 Å². The number of nitro benzene ring substituents is 1. The third-order valence-electron chi connectivity index (χ3n) is 3.50. The zero-order valence-electron chi connectivity index (χ0n) is 14.5. The van der Waals surface area contributed by atoms with Gasteiger partial charge in [0.15, 0.2) is 0 Å². The Balaban J connectivity index is 1.54. The highest BCUT2D eigenvalue weighted by molar-refractivity contribution is 7.98. The van der Waals surface area contributed by atoms with Gasteiger partial charge in [0.1, 0.15) is 5.75 Å². The van der Waals surface area contributed by atoms with Crippen molar-refractivity contribution in [2.45, 2.75) is 4.90 Å². The number of rotatable bonds is 6. The van der Waals surface area contributed by atoms with Gasteiger partial charge in [0.05, 0.1) is 4.92 Å². The number of nitrogens with one attached hydrogen (secondary N) is 1. The van der Waals surface area contributed by atoms with Gasteiger partial charge in [0.2, 0.25) is 0 Å². The Bertz CT molecular complexity index is 992. The third-order valence-corrected chi connectivity index (χ3v) is 4.17. The Morgan fingerprint density at radius 1 is 1.04 bits per heavy atom. The van der Waals surface area contributed by atoms with Crippen LogP contribution in [0.1, 0.15) is 5.56 Å². The first kappa shape index (κ1) is 19.1. The average molecular weight is 393 g/mol. The first-order chi connectivity index (χ1) is 13.6. The highest BCUT2D eigenvalue weighted by Crippen LogP contribution is 2.23. The predicted molar refractivity (Wildman–Crippen MR) is 109 cm³/mol. The molecule has 0 aliphatic carbocycles. The van der Waals surface area contributed by atoms with Gasteiger partial charge in [-0.05, 0) is 48.0 Å². The number of amides is 1. The molecule has 3 rings (SSSR count). The van der Waals surface area contributed by atoms with E-state index in [1.54, 1.807) is 54.7 Å². The van der Waals surface area contributed by atoms with E-state index in [9.17, 15) is 14.9 Å². The van der Waals surface area contributed by atoms with Crippen LogP contribution in [0.15, 0.2) is 88.2 Å². The third kappa shape index (κ3) is 5.68. The van der Waals surface area contributed by atoms with E-state index in [0.29, 0.717) is 16.3 Å². The molecular weight excluding hydrogens is 378 g/mol. The fourth-order valence-corrected chi connectivity index (χ4v) is 2.80. The monoisotopic (exact) mass is 393 g/mol. The van der Waals surface area contributed by atoms with Gasteiger partial charge in [0, 0.05) is 40.9 Å². The molecule has 0 fully saturated rings. The van der Waals surface area contributed by atoms with Gasteiger partial charge in [-0.25, -0.2) is 9.19 Å². The standard InChI is InChI=1S/C20H15N3O4S/c24-20(22-16-5-2-1-3-6-16)27-18-11-9-15(10-12-18)14-21-28-19-8-4-7-17(13-19)23(25)26/h1-14H,(H,22,24). The van der Waals surface area contributed by atoms with E-state index in [0.717, 1.165) is 17.5 Å². The summed E-state index contributed by atoms with van der Waals surface area (Å²) in [5, 5.41) is 13.4. The average Bonchev–Trinajstić information content (AvgIpc) is 2.70. The van der Waals surface area contributed by atoms with Crippen molar-refractivity contribution in [3.63, 3.8) is 0 Å². The summed E-state index contributed by atoms with van der Waals surface area (Å²) in [5.41, 5.74) is 1.47. The van der Waals surface area contributed by atoms with E-state index < -0.39 is 11.0 Å². The summed E-state index contributed by atoms with van der Waals surface area (Å²) in [6, 6.07) is 22.1. The summed E-state index contributed by atoms with van der Waals surface area (Å²) in [6.07, 6.45) is 1.05. The van der Waals surface area contributed by atoms with E-state index in [-0.39, 0.29) is 5.69 Å². The molecule has 0 saturated carbocycles. The van der Waals surface area contributed by atoms with Gasteiger partial charge >= 0.3 is 6.09 Å². The molecule has 0 aliphatic heterocycles. The van der Waals surface area contributed by atoms with Crippen molar-refractivity contribution in [3.05, 3.63) is 94.5 Å². The normalized spacial score (nSPS) is 10.6. The molecule has 8 heteroatoms. The van der Waals surface area contributed by atoms with Crippen LogP contribution in [0.25, 0.3) is 0 Å². The molecule has 0 heterocycles. The minimum absolute atomic E-state index is 0.0236. The van der Waals surface area contributed by atoms with Crippen LogP contribution in [-0.4, -0.2) is 17.2 Å². The molecule has 1 amide bonds. The maximum absolute atomic E-state index is 11.9. The minimum atomic E-state index is -0.575. The number of ether oxygens (including phenoxy) is 1. The smallest absolute Gasteiger partial charge is 0.410 e. The lowest BCUT2D eigenvalue weighted by Gasteiger charge is -2.06. The fraction of sp³-hybridized carbons (Fsp3) is 0. The SMILES string of the molecule is O=C(Nc1ccccc1)Oc1ccc(C=NSc2cccc([N+](=O)[O-])c2)cc1. The second kappa shape index (κ2) is 9.33. The number of nitro groups is 1. The molecule has 1 N–H and O–H groups in total. The summed E-state index contributed by atoms with van der Waals surface area (Å²) >= 11 is 1.13. The van der Waals surface area contributed by atoms with Gasteiger partial charge in [-0.2, -0.15) is 0 Å². The van der Waals surface area contributed by atoms with Crippen LogP contribution in [0.5, 0.6) is 5.75 Å². The minimum Gasteiger partial charge on any atom is -0.410 e. The molecule has 0 aromatic heterocycles. The lowest BCUT2D eigenvalue weighted by atomic mass is 10.2. The molecule has 0 unspecified atom stereocenters. The Labute approximate surface area is 165 Å². The van der Waals surface area contributed by atoms with E-state index >= 15 is 0 Å². The summed E-state index contributed by atoms with van der Waals surface area (Å²) in [7, 11) is 0. The number of hydrogen-bond donors (Lipinski definition) is 1. The molecular formula is C20H15N3O4S. The summed E-state index contributed by atoms with van der Waals surface area (Å²) in [4.78, 5) is 22.9. The number of benzene rings is 3. The number of para-hydroxylation sites is 1. The van der Waals surface area contributed by atoms with Crippen LogP contribution in [0, 0.1) is 10.1 Å². The first-order valence-corrected chi connectivity index (χ1v) is 8.96. The maximum atomic E-state index is 11.9. The first-order valence-electron chi connectivity index (χ1n) is 8.19. The predicted octanol–water partition coefficient (Wildman–Crippen LogP) is 5.33. The summed E-state index contributed by atoms with van der Waals surface area (Å²) in [6.45, 7) is 0. The molecule has 0 bridgehead atoms. The molecule has 0 aliphatic rings. The quantitative estimate of drug-likeness (QED) is 0.264. The van der Waals surface area contributed by atoms with Crippen LogP contribution in [0.2, 0.25) is 0 Å². The second-order valence-corrected chi connectivity index (χ2v) is 6.39. The molecule has 0 radical (unpaired) electrons. The molecule has 3 aromatic rings. The Hall–Kier alpha value is -3.65. The van der Waals surface area contributed by atoms with E-state index in [1.807, 2.05) is 18.2 Å². The molecule has 3 aromatic carbocycles. The molecule has 7 nitrogen and oxygen atoms in total. The van der Waals surface area contributed by atoms with Crippen molar-refractivity contribution in [2.24, 2.45) is 4.40 Å². The van der Waals surface area contributed by atoms with Gasteiger partial charge in [-0.3, -0.25) is 15.4 Å². The molecule has 0 atom stereocenters.